The first kappa shape index (κ1) is 14.5. The number of nitrogens with zero attached hydrogens (tertiary/aromatic N) is 2. The maximum atomic E-state index is 11.8. The molecule has 1 heterocycles. The van der Waals surface area contributed by atoms with Crippen LogP contribution in [0.1, 0.15) is 6.42 Å². The number of para-hydroxylation sites is 1. The summed E-state index contributed by atoms with van der Waals surface area (Å²) in [6.07, 6.45) is 3.36. The minimum atomic E-state index is -3.47. The molecule has 108 valence electrons. The molecule has 0 aliphatic heterocycles. The average Bonchev–Trinajstić information content (AvgIpc) is 2.99. The zero-order chi connectivity index (χ0) is 14.4. The van der Waals surface area contributed by atoms with Crippen LogP contribution >= 0.6 is 0 Å². The lowest BCUT2D eigenvalue weighted by atomic mass is 10.3. The summed E-state index contributed by atoms with van der Waals surface area (Å²) < 4.78 is 26.2. The Hall–Kier alpha value is -1.86. The van der Waals surface area contributed by atoms with Crippen LogP contribution < -0.4 is 9.62 Å². The largest absolute Gasteiger partial charge is 0.375 e. The first-order chi connectivity index (χ1) is 9.59. The van der Waals surface area contributed by atoms with Crippen molar-refractivity contribution in [2.24, 2.45) is 0 Å². The van der Waals surface area contributed by atoms with E-state index in [-0.39, 0.29) is 5.03 Å². The van der Waals surface area contributed by atoms with Gasteiger partial charge < -0.3 is 9.88 Å². The molecule has 0 atom stereocenters. The fraction of sp³-hybridized carbons (Fsp3) is 0.308. The highest BCUT2D eigenvalue weighted by atomic mass is 32.2. The number of aromatic amines is 1. The Bertz CT molecular complexity index is 611. The van der Waals surface area contributed by atoms with Crippen molar-refractivity contribution in [3.8, 4) is 0 Å². The van der Waals surface area contributed by atoms with Crippen molar-refractivity contribution in [1.82, 2.24) is 14.7 Å². The second-order valence-corrected chi connectivity index (χ2v) is 6.16. The van der Waals surface area contributed by atoms with E-state index in [2.05, 4.69) is 19.6 Å². The zero-order valence-electron chi connectivity index (χ0n) is 11.3. The van der Waals surface area contributed by atoms with Crippen LogP contribution in [0.5, 0.6) is 0 Å². The highest BCUT2D eigenvalue weighted by Gasteiger charge is 2.14. The number of imidazole rings is 1. The molecule has 0 bridgehead atoms. The normalized spacial score (nSPS) is 11.4. The van der Waals surface area contributed by atoms with Crippen LogP contribution in [-0.4, -0.2) is 38.5 Å². The van der Waals surface area contributed by atoms with Gasteiger partial charge in [-0.3, -0.25) is 0 Å². The fourth-order valence-corrected chi connectivity index (χ4v) is 2.78. The summed E-state index contributed by atoms with van der Waals surface area (Å²) >= 11 is 0. The van der Waals surface area contributed by atoms with Crippen LogP contribution in [0.25, 0.3) is 0 Å². The summed E-state index contributed by atoms with van der Waals surface area (Å²) in [4.78, 5) is 8.37. The molecule has 2 N–H and O–H groups in total. The molecule has 20 heavy (non-hydrogen) atoms. The first-order valence-electron chi connectivity index (χ1n) is 6.34. The summed E-state index contributed by atoms with van der Waals surface area (Å²) in [7, 11) is -1.48. The second-order valence-electron chi connectivity index (χ2n) is 4.42. The molecular formula is C13H18N4O2S. The van der Waals surface area contributed by atoms with E-state index < -0.39 is 10.0 Å². The Labute approximate surface area is 118 Å². The van der Waals surface area contributed by atoms with Crippen LogP contribution in [0.3, 0.4) is 0 Å². The number of sulfonamides is 1. The highest BCUT2D eigenvalue weighted by Crippen LogP contribution is 2.10. The maximum absolute atomic E-state index is 11.8. The van der Waals surface area contributed by atoms with E-state index in [4.69, 9.17) is 0 Å². The Kier molecular flexibility index (Phi) is 4.75. The predicted molar refractivity (Wildman–Crippen MR) is 78.1 cm³/mol. The maximum Gasteiger partial charge on any atom is 0.257 e. The van der Waals surface area contributed by atoms with E-state index in [1.807, 2.05) is 37.4 Å². The molecule has 0 aliphatic rings. The first-order valence-corrected chi connectivity index (χ1v) is 7.82. The van der Waals surface area contributed by atoms with Crippen molar-refractivity contribution in [3.63, 3.8) is 0 Å². The van der Waals surface area contributed by atoms with Crippen molar-refractivity contribution in [2.75, 3.05) is 25.0 Å². The summed E-state index contributed by atoms with van der Waals surface area (Å²) in [5, 5.41) is 0.0916. The lowest BCUT2D eigenvalue weighted by molar-refractivity contribution is 0.576. The van der Waals surface area contributed by atoms with Gasteiger partial charge in [0.2, 0.25) is 0 Å². The summed E-state index contributed by atoms with van der Waals surface area (Å²) in [6.45, 7) is 1.16. The second kappa shape index (κ2) is 6.53. The van der Waals surface area contributed by atoms with Crippen molar-refractivity contribution in [2.45, 2.75) is 11.4 Å². The van der Waals surface area contributed by atoms with E-state index in [9.17, 15) is 8.42 Å². The number of hydrogen-bond acceptors (Lipinski definition) is 4. The minimum Gasteiger partial charge on any atom is -0.375 e. The monoisotopic (exact) mass is 294 g/mol. The highest BCUT2D eigenvalue weighted by molar-refractivity contribution is 7.89. The minimum absolute atomic E-state index is 0.0916. The standard InChI is InChI=1S/C13H18N4O2S/c1-17(12-6-3-2-4-7-12)9-5-8-16-20(18,19)13-10-14-11-15-13/h2-4,6-7,10-11,16H,5,8-9H2,1H3,(H,14,15). The summed E-state index contributed by atoms with van der Waals surface area (Å²) in [5.41, 5.74) is 1.11. The molecule has 0 spiro atoms. The number of rotatable bonds is 7. The number of aromatic nitrogens is 2. The lowest BCUT2D eigenvalue weighted by Crippen LogP contribution is -2.28. The Balaban J connectivity index is 1.77. The number of H-pyrrole nitrogens is 1. The lowest BCUT2D eigenvalue weighted by Gasteiger charge is -2.19. The van der Waals surface area contributed by atoms with Crippen LogP contribution in [0, 0.1) is 0 Å². The smallest absolute Gasteiger partial charge is 0.257 e. The van der Waals surface area contributed by atoms with Gasteiger partial charge in [-0.25, -0.2) is 18.1 Å². The molecule has 0 radical (unpaired) electrons. The van der Waals surface area contributed by atoms with E-state index in [1.54, 1.807) is 0 Å². The van der Waals surface area contributed by atoms with Gasteiger partial charge in [-0.1, -0.05) is 18.2 Å². The predicted octanol–water partition coefficient (Wildman–Crippen LogP) is 1.21. The molecule has 0 saturated carbocycles. The fourth-order valence-electron chi connectivity index (χ4n) is 1.80. The third-order valence-electron chi connectivity index (χ3n) is 2.92. The van der Waals surface area contributed by atoms with Gasteiger partial charge in [0.25, 0.3) is 10.0 Å². The van der Waals surface area contributed by atoms with E-state index in [1.165, 1.54) is 12.5 Å². The van der Waals surface area contributed by atoms with E-state index in [0.29, 0.717) is 6.54 Å². The van der Waals surface area contributed by atoms with Gasteiger partial charge in [0, 0.05) is 25.8 Å². The number of nitrogens with one attached hydrogen (secondary N) is 2. The number of benzene rings is 1. The molecule has 0 fully saturated rings. The van der Waals surface area contributed by atoms with Gasteiger partial charge in [0.1, 0.15) is 0 Å². The number of hydrogen-bond donors (Lipinski definition) is 2. The molecule has 0 unspecified atom stereocenters. The van der Waals surface area contributed by atoms with Crippen molar-refractivity contribution in [1.29, 1.82) is 0 Å². The third kappa shape index (κ3) is 3.82. The molecule has 1 aromatic carbocycles. The molecule has 0 aliphatic carbocycles. The Morgan fingerprint density at radius 3 is 2.70 bits per heavy atom. The molecule has 0 saturated heterocycles. The summed E-state index contributed by atoms with van der Waals surface area (Å²) in [5.74, 6) is 0. The van der Waals surface area contributed by atoms with Gasteiger partial charge in [0.05, 0.1) is 12.5 Å². The van der Waals surface area contributed by atoms with E-state index >= 15 is 0 Å². The van der Waals surface area contributed by atoms with Crippen LogP contribution in [0.4, 0.5) is 5.69 Å². The third-order valence-corrected chi connectivity index (χ3v) is 4.31. The van der Waals surface area contributed by atoms with Gasteiger partial charge >= 0.3 is 0 Å². The topological polar surface area (TPSA) is 78.1 Å². The van der Waals surface area contributed by atoms with Gasteiger partial charge in [-0.2, -0.15) is 0 Å². The molecular weight excluding hydrogens is 276 g/mol. The van der Waals surface area contributed by atoms with Gasteiger partial charge in [0.15, 0.2) is 5.03 Å². The van der Waals surface area contributed by atoms with E-state index in [0.717, 1.165) is 18.7 Å². The molecule has 6 nitrogen and oxygen atoms in total. The van der Waals surface area contributed by atoms with Crippen molar-refractivity contribution >= 4 is 15.7 Å². The van der Waals surface area contributed by atoms with Crippen molar-refractivity contribution < 1.29 is 8.42 Å². The number of anilines is 1. The molecule has 0 amide bonds. The zero-order valence-corrected chi connectivity index (χ0v) is 12.1. The van der Waals surface area contributed by atoms with Crippen molar-refractivity contribution in [3.05, 3.63) is 42.9 Å². The van der Waals surface area contributed by atoms with Crippen LogP contribution in [-0.2, 0) is 10.0 Å². The Morgan fingerprint density at radius 2 is 2.05 bits per heavy atom. The van der Waals surface area contributed by atoms with Crippen LogP contribution in [0.2, 0.25) is 0 Å². The quantitative estimate of drug-likeness (QED) is 0.753. The molecule has 2 rings (SSSR count). The molecule has 7 heteroatoms. The van der Waals surface area contributed by atoms with Crippen LogP contribution in [0.15, 0.2) is 47.9 Å². The SMILES string of the molecule is CN(CCCNS(=O)(=O)c1cnc[nH]1)c1ccccc1. The summed E-state index contributed by atoms with van der Waals surface area (Å²) in [6, 6.07) is 9.97. The molecule has 2 aromatic rings. The van der Waals surface area contributed by atoms with Gasteiger partial charge in [-0.15, -0.1) is 0 Å². The average molecular weight is 294 g/mol. The van der Waals surface area contributed by atoms with Gasteiger partial charge in [-0.05, 0) is 18.6 Å². The Morgan fingerprint density at radius 1 is 1.30 bits per heavy atom. The molecule has 1 aromatic heterocycles.